The molecule has 0 atom stereocenters. The molecule has 15 heavy (non-hydrogen) atoms. The van der Waals surface area contributed by atoms with Gasteiger partial charge in [-0.15, -0.1) is 0 Å². The van der Waals surface area contributed by atoms with Crippen LogP contribution in [0.5, 0.6) is 0 Å². The maximum Gasteiger partial charge on any atom is 0.146 e. The Balaban J connectivity index is 2.50. The summed E-state index contributed by atoms with van der Waals surface area (Å²) in [4.78, 5) is 0. The number of hydrogen-bond donors (Lipinski definition) is 1. The summed E-state index contributed by atoms with van der Waals surface area (Å²) in [7, 11) is 0. The third kappa shape index (κ3) is 1.96. The normalized spacial score (nSPS) is 10.3. The molecule has 0 spiro atoms. The first-order chi connectivity index (χ1) is 7.16. The first kappa shape index (κ1) is 9.65. The predicted molar refractivity (Wildman–Crippen MR) is 56.2 cm³/mol. The van der Waals surface area contributed by atoms with Crippen molar-refractivity contribution in [3.05, 3.63) is 54.1 Å². The van der Waals surface area contributed by atoms with E-state index in [2.05, 4.69) is 0 Å². The molecule has 3 heteroatoms. The van der Waals surface area contributed by atoms with Gasteiger partial charge >= 0.3 is 0 Å². The SMILES string of the molecule is Nc1cc(-c2cccc(F)c2)ccc1F. The maximum atomic E-state index is 12.9. The first-order valence-electron chi connectivity index (χ1n) is 4.48. The molecule has 0 amide bonds. The van der Waals surface area contributed by atoms with Crippen molar-refractivity contribution < 1.29 is 8.78 Å². The second kappa shape index (κ2) is 3.69. The minimum absolute atomic E-state index is 0.0664. The second-order valence-corrected chi connectivity index (χ2v) is 3.25. The van der Waals surface area contributed by atoms with Crippen molar-refractivity contribution in [1.29, 1.82) is 0 Å². The van der Waals surface area contributed by atoms with Crippen molar-refractivity contribution in [2.24, 2.45) is 0 Å². The molecule has 0 radical (unpaired) electrons. The smallest absolute Gasteiger partial charge is 0.146 e. The average molecular weight is 205 g/mol. The van der Waals surface area contributed by atoms with Gasteiger partial charge in [-0.25, -0.2) is 8.78 Å². The Hall–Kier alpha value is -1.90. The van der Waals surface area contributed by atoms with E-state index in [1.165, 1.54) is 24.3 Å². The molecule has 0 saturated heterocycles. The highest BCUT2D eigenvalue weighted by Crippen LogP contribution is 2.23. The Morgan fingerprint density at radius 3 is 2.27 bits per heavy atom. The Morgan fingerprint density at radius 2 is 1.60 bits per heavy atom. The number of rotatable bonds is 1. The highest BCUT2D eigenvalue weighted by atomic mass is 19.1. The van der Waals surface area contributed by atoms with Crippen molar-refractivity contribution in [3.8, 4) is 11.1 Å². The number of nitrogen functional groups attached to an aromatic ring is 1. The molecule has 0 saturated carbocycles. The summed E-state index contributed by atoms with van der Waals surface area (Å²) < 4.78 is 25.8. The molecular formula is C12H9F2N. The first-order valence-corrected chi connectivity index (χ1v) is 4.48. The Kier molecular flexibility index (Phi) is 2.37. The van der Waals surface area contributed by atoms with Gasteiger partial charge < -0.3 is 5.73 Å². The summed E-state index contributed by atoms with van der Waals surface area (Å²) in [6, 6.07) is 10.4. The molecular weight excluding hydrogens is 196 g/mol. The van der Waals surface area contributed by atoms with E-state index >= 15 is 0 Å². The van der Waals surface area contributed by atoms with E-state index in [0.717, 1.165) is 0 Å². The van der Waals surface area contributed by atoms with Crippen molar-refractivity contribution in [3.63, 3.8) is 0 Å². The summed E-state index contributed by atoms with van der Waals surface area (Å²) >= 11 is 0. The lowest BCUT2D eigenvalue weighted by Gasteiger charge is -2.03. The van der Waals surface area contributed by atoms with Gasteiger partial charge in [0, 0.05) is 0 Å². The van der Waals surface area contributed by atoms with E-state index < -0.39 is 5.82 Å². The third-order valence-electron chi connectivity index (χ3n) is 2.15. The largest absolute Gasteiger partial charge is 0.396 e. The van der Waals surface area contributed by atoms with Crippen molar-refractivity contribution >= 4 is 5.69 Å². The molecule has 0 aliphatic carbocycles. The van der Waals surface area contributed by atoms with Crippen LogP contribution in [0.25, 0.3) is 11.1 Å². The zero-order valence-electron chi connectivity index (χ0n) is 7.87. The van der Waals surface area contributed by atoms with Gasteiger partial charge in [0.2, 0.25) is 0 Å². The topological polar surface area (TPSA) is 26.0 Å². The molecule has 0 bridgehead atoms. The molecule has 2 aromatic rings. The molecule has 2 rings (SSSR count). The average Bonchev–Trinajstić information content (AvgIpc) is 2.22. The van der Waals surface area contributed by atoms with Gasteiger partial charge in [0.05, 0.1) is 5.69 Å². The van der Waals surface area contributed by atoms with Crippen LogP contribution in [-0.2, 0) is 0 Å². The minimum atomic E-state index is -0.463. The van der Waals surface area contributed by atoms with Crippen LogP contribution in [0.3, 0.4) is 0 Å². The van der Waals surface area contributed by atoms with E-state index in [0.29, 0.717) is 11.1 Å². The molecule has 0 heterocycles. The fourth-order valence-electron chi connectivity index (χ4n) is 1.39. The van der Waals surface area contributed by atoms with Crippen molar-refractivity contribution in [2.45, 2.75) is 0 Å². The Morgan fingerprint density at radius 1 is 0.867 bits per heavy atom. The van der Waals surface area contributed by atoms with Gasteiger partial charge in [-0.1, -0.05) is 18.2 Å². The molecule has 0 aliphatic rings. The lowest BCUT2D eigenvalue weighted by molar-refractivity contribution is 0.628. The molecule has 0 fully saturated rings. The summed E-state index contributed by atoms with van der Waals surface area (Å²) in [5.41, 5.74) is 6.88. The lowest BCUT2D eigenvalue weighted by Crippen LogP contribution is -1.90. The maximum absolute atomic E-state index is 12.9. The highest BCUT2D eigenvalue weighted by molar-refractivity contribution is 5.67. The molecule has 1 nitrogen and oxygen atoms in total. The predicted octanol–water partition coefficient (Wildman–Crippen LogP) is 3.21. The summed E-state index contributed by atoms with van der Waals surface area (Å²) in [5.74, 6) is -0.787. The lowest BCUT2D eigenvalue weighted by atomic mass is 10.1. The van der Waals surface area contributed by atoms with Crippen molar-refractivity contribution in [2.75, 3.05) is 5.73 Å². The zero-order valence-corrected chi connectivity index (χ0v) is 7.87. The molecule has 76 valence electrons. The fourth-order valence-corrected chi connectivity index (χ4v) is 1.39. The van der Waals surface area contributed by atoms with Crippen LogP contribution in [0.15, 0.2) is 42.5 Å². The van der Waals surface area contributed by atoms with E-state index in [-0.39, 0.29) is 11.5 Å². The number of hydrogen-bond acceptors (Lipinski definition) is 1. The monoisotopic (exact) mass is 205 g/mol. The van der Waals surface area contributed by atoms with Gasteiger partial charge in [-0.05, 0) is 35.4 Å². The van der Waals surface area contributed by atoms with Crippen LogP contribution in [-0.4, -0.2) is 0 Å². The van der Waals surface area contributed by atoms with Crippen LogP contribution in [0, 0.1) is 11.6 Å². The molecule has 0 aromatic heterocycles. The van der Waals surface area contributed by atoms with Crippen LogP contribution in [0.4, 0.5) is 14.5 Å². The quantitative estimate of drug-likeness (QED) is 0.711. The molecule has 2 aromatic carbocycles. The number of nitrogens with two attached hydrogens (primary N) is 1. The third-order valence-corrected chi connectivity index (χ3v) is 2.15. The number of benzene rings is 2. The summed E-state index contributed by atoms with van der Waals surface area (Å²) in [5, 5.41) is 0. The summed E-state index contributed by atoms with van der Waals surface area (Å²) in [6.07, 6.45) is 0. The van der Waals surface area contributed by atoms with Crippen LogP contribution < -0.4 is 5.73 Å². The molecule has 0 aliphatic heterocycles. The fraction of sp³-hybridized carbons (Fsp3) is 0. The molecule has 0 unspecified atom stereocenters. The van der Waals surface area contributed by atoms with Gasteiger partial charge in [-0.2, -0.15) is 0 Å². The van der Waals surface area contributed by atoms with E-state index in [1.807, 2.05) is 0 Å². The standard InChI is InChI=1S/C12H9F2N/c13-10-3-1-2-8(6-10)9-4-5-11(14)12(15)7-9/h1-7H,15H2. The zero-order chi connectivity index (χ0) is 10.8. The number of anilines is 1. The van der Waals surface area contributed by atoms with Crippen molar-refractivity contribution in [1.82, 2.24) is 0 Å². The van der Waals surface area contributed by atoms with Gasteiger partial charge in [0.25, 0.3) is 0 Å². The summed E-state index contributed by atoms with van der Waals surface area (Å²) in [6.45, 7) is 0. The Bertz CT molecular complexity index is 495. The van der Waals surface area contributed by atoms with Crippen LogP contribution >= 0.6 is 0 Å². The second-order valence-electron chi connectivity index (χ2n) is 3.25. The van der Waals surface area contributed by atoms with E-state index in [1.54, 1.807) is 18.2 Å². The van der Waals surface area contributed by atoms with Gasteiger partial charge in [0.1, 0.15) is 11.6 Å². The van der Waals surface area contributed by atoms with Crippen LogP contribution in [0.2, 0.25) is 0 Å². The molecule has 2 N–H and O–H groups in total. The van der Waals surface area contributed by atoms with Crippen LogP contribution in [0.1, 0.15) is 0 Å². The van der Waals surface area contributed by atoms with E-state index in [9.17, 15) is 8.78 Å². The highest BCUT2D eigenvalue weighted by Gasteiger charge is 2.02. The minimum Gasteiger partial charge on any atom is -0.396 e. The number of halogens is 2. The van der Waals surface area contributed by atoms with E-state index in [4.69, 9.17) is 5.73 Å². The van der Waals surface area contributed by atoms with Gasteiger partial charge in [0.15, 0.2) is 0 Å². The van der Waals surface area contributed by atoms with Gasteiger partial charge in [-0.3, -0.25) is 0 Å². The Labute approximate surface area is 86.2 Å².